The Hall–Kier alpha value is -1.60. The van der Waals surface area contributed by atoms with Crippen LogP contribution in [0, 0.1) is 0 Å². The van der Waals surface area contributed by atoms with Crippen molar-refractivity contribution in [2.24, 2.45) is 12.9 Å². The molecule has 1 aromatic carbocycles. The van der Waals surface area contributed by atoms with Gasteiger partial charge in [0.2, 0.25) is 0 Å². The summed E-state index contributed by atoms with van der Waals surface area (Å²) in [5.74, 6) is 6.06. The highest BCUT2D eigenvalue weighted by molar-refractivity contribution is 5.75. The average Bonchev–Trinajstić information content (AvgIpc) is 2.71. The second-order valence-corrected chi connectivity index (χ2v) is 4.80. The summed E-state index contributed by atoms with van der Waals surface area (Å²) in [7, 11) is 1.85. The van der Waals surface area contributed by atoms with Gasteiger partial charge in [-0.25, -0.2) is 4.98 Å². The minimum atomic E-state index is -4.17. The number of aryl methyl sites for hydroxylation is 1. The molecule has 7 heteroatoms. The maximum Gasteiger partial charge on any atom is 0.389 e. The molecule has 1 atom stereocenters. The lowest BCUT2D eigenvalue weighted by molar-refractivity contribution is -0.136. The summed E-state index contributed by atoms with van der Waals surface area (Å²) >= 11 is 0. The molecule has 3 N–H and O–H groups in total. The Morgan fingerprint density at radius 1 is 1.35 bits per heavy atom. The quantitative estimate of drug-likeness (QED) is 0.655. The Labute approximate surface area is 114 Å². The highest BCUT2D eigenvalue weighted by Gasteiger charge is 2.28. The summed E-state index contributed by atoms with van der Waals surface area (Å²) in [5.41, 5.74) is 4.22. The zero-order valence-corrected chi connectivity index (χ0v) is 11.1. The number of nitrogens with two attached hydrogens (primary N) is 1. The minimum Gasteiger partial charge on any atom is -0.331 e. The molecule has 0 aliphatic carbocycles. The standard InChI is InChI=1S/C13H17F3N4/c1-20-11-5-3-2-4-10(11)18-12(20)8-9(19-17)6-7-13(14,15)16/h2-5,9,19H,6-8,17H2,1H3. The van der Waals surface area contributed by atoms with Gasteiger partial charge in [0.15, 0.2) is 0 Å². The average molecular weight is 286 g/mol. The zero-order chi connectivity index (χ0) is 14.8. The molecule has 1 unspecified atom stereocenters. The predicted molar refractivity (Wildman–Crippen MR) is 70.8 cm³/mol. The summed E-state index contributed by atoms with van der Waals surface area (Å²) in [6, 6.07) is 7.12. The molecule has 0 saturated heterocycles. The molecule has 0 bridgehead atoms. The summed E-state index contributed by atoms with van der Waals surface area (Å²) in [6.07, 6.45) is -4.73. The van der Waals surface area contributed by atoms with Crippen molar-refractivity contribution in [2.45, 2.75) is 31.5 Å². The van der Waals surface area contributed by atoms with Crippen molar-refractivity contribution in [1.82, 2.24) is 15.0 Å². The first-order valence-electron chi connectivity index (χ1n) is 6.34. The van der Waals surface area contributed by atoms with Crippen molar-refractivity contribution < 1.29 is 13.2 Å². The van der Waals surface area contributed by atoms with Gasteiger partial charge in [0, 0.05) is 25.9 Å². The molecular formula is C13H17F3N4. The fourth-order valence-electron chi connectivity index (χ4n) is 2.18. The number of halogens is 3. The summed E-state index contributed by atoms with van der Waals surface area (Å²) in [4.78, 5) is 4.43. The first-order chi connectivity index (χ1) is 9.40. The number of hydrogen-bond acceptors (Lipinski definition) is 3. The summed E-state index contributed by atoms with van der Waals surface area (Å²) < 4.78 is 38.6. The van der Waals surface area contributed by atoms with Crippen LogP contribution in [0.4, 0.5) is 13.2 Å². The van der Waals surface area contributed by atoms with Crippen molar-refractivity contribution in [3.8, 4) is 0 Å². The maximum absolute atomic E-state index is 12.2. The lowest BCUT2D eigenvalue weighted by Crippen LogP contribution is -2.38. The molecule has 1 aromatic heterocycles. The predicted octanol–water partition coefficient (Wildman–Crippen LogP) is 2.29. The Kier molecular flexibility index (Phi) is 4.29. The van der Waals surface area contributed by atoms with Gasteiger partial charge in [0.05, 0.1) is 11.0 Å². The molecular weight excluding hydrogens is 269 g/mol. The molecule has 0 aliphatic heterocycles. The van der Waals surface area contributed by atoms with Gasteiger partial charge in [0.1, 0.15) is 5.82 Å². The minimum absolute atomic E-state index is 0.0663. The number of nitrogens with zero attached hydrogens (tertiary/aromatic N) is 2. The third kappa shape index (κ3) is 3.49. The molecule has 0 saturated carbocycles. The van der Waals surface area contributed by atoms with Gasteiger partial charge >= 0.3 is 6.18 Å². The van der Waals surface area contributed by atoms with E-state index in [4.69, 9.17) is 5.84 Å². The van der Waals surface area contributed by atoms with Crippen molar-refractivity contribution >= 4 is 11.0 Å². The van der Waals surface area contributed by atoms with E-state index in [1.54, 1.807) is 0 Å². The lowest BCUT2D eigenvalue weighted by atomic mass is 10.1. The van der Waals surface area contributed by atoms with Gasteiger partial charge in [-0.15, -0.1) is 0 Å². The number of rotatable bonds is 5. The fraction of sp³-hybridized carbons (Fsp3) is 0.462. The molecule has 0 fully saturated rings. The smallest absolute Gasteiger partial charge is 0.331 e. The van der Waals surface area contributed by atoms with Crippen LogP contribution in [0.1, 0.15) is 18.7 Å². The van der Waals surface area contributed by atoms with Gasteiger partial charge in [-0.3, -0.25) is 11.3 Å². The molecule has 0 spiro atoms. The Balaban J connectivity index is 2.11. The van der Waals surface area contributed by atoms with Crippen molar-refractivity contribution in [3.05, 3.63) is 30.1 Å². The Bertz CT molecular complexity index is 576. The molecule has 0 amide bonds. The highest BCUT2D eigenvalue weighted by Crippen LogP contribution is 2.23. The van der Waals surface area contributed by atoms with Crippen LogP contribution in [-0.2, 0) is 13.5 Å². The number of nitrogens with one attached hydrogen (secondary N) is 1. The molecule has 0 radical (unpaired) electrons. The number of fused-ring (bicyclic) bond motifs is 1. The second kappa shape index (κ2) is 5.80. The first-order valence-corrected chi connectivity index (χ1v) is 6.34. The number of para-hydroxylation sites is 2. The molecule has 0 aliphatic rings. The first kappa shape index (κ1) is 14.8. The Morgan fingerprint density at radius 2 is 2.05 bits per heavy atom. The van der Waals surface area contributed by atoms with E-state index >= 15 is 0 Å². The molecule has 20 heavy (non-hydrogen) atoms. The maximum atomic E-state index is 12.2. The normalized spacial score (nSPS) is 13.8. The van der Waals surface area contributed by atoms with Crippen LogP contribution in [0.25, 0.3) is 11.0 Å². The zero-order valence-electron chi connectivity index (χ0n) is 11.1. The van der Waals surface area contributed by atoms with Gasteiger partial charge in [-0.1, -0.05) is 12.1 Å². The number of aromatic nitrogens is 2. The van der Waals surface area contributed by atoms with E-state index in [0.717, 1.165) is 16.9 Å². The van der Waals surface area contributed by atoms with Crippen molar-refractivity contribution in [2.75, 3.05) is 0 Å². The summed E-state index contributed by atoms with van der Waals surface area (Å²) in [5, 5.41) is 0. The van der Waals surface area contributed by atoms with Gasteiger partial charge in [0.25, 0.3) is 0 Å². The number of hydrogen-bond donors (Lipinski definition) is 2. The highest BCUT2D eigenvalue weighted by atomic mass is 19.4. The second-order valence-electron chi connectivity index (χ2n) is 4.80. The third-order valence-corrected chi connectivity index (χ3v) is 3.32. The molecule has 4 nitrogen and oxygen atoms in total. The molecule has 2 rings (SSSR count). The van der Waals surface area contributed by atoms with Crippen LogP contribution in [0.3, 0.4) is 0 Å². The van der Waals surface area contributed by atoms with Crippen LogP contribution >= 0.6 is 0 Å². The number of benzene rings is 1. The van der Waals surface area contributed by atoms with E-state index < -0.39 is 18.6 Å². The third-order valence-electron chi connectivity index (χ3n) is 3.32. The largest absolute Gasteiger partial charge is 0.389 e. The topological polar surface area (TPSA) is 55.9 Å². The summed E-state index contributed by atoms with van der Waals surface area (Å²) in [6.45, 7) is 0. The van der Waals surface area contributed by atoms with Gasteiger partial charge < -0.3 is 4.57 Å². The molecule has 1 heterocycles. The van der Waals surface area contributed by atoms with Crippen LogP contribution < -0.4 is 11.3 Å². The van der Waals surface area contributed by atoms with Gasteiger partial charge in [-0.05, 0) is 18.6 Å². The van der Waals surface area contributed by atoms with Gasteiger partial charge in [-0.2, -0.15) is 13.2 Å². The monoisotopic (exact) mass is 286 g/mol. The van der Waals surface area contributed by atoms with Crippen LogP contribution in [0.15, 0.2) is 24.3 Å². The van der Waals surface area contributed by atoms with Crippen LogP contribution in [0.5, 0.6) is 0 Å². The molecule has 2 aromatic rings. The molecule has 110 valence electrons. The Morgan fingerprint density at radius 3 is 2.65 bits per heavy atom. The van der Waals surface area contributed by atoms with Crippen molar-refractivity contribution in [3.63, 3.8) is 0 Å². The van der Waals surface area contributed by atoms with Crippen LogP contribution in [-0.4, -0.2) is 21.8 Å². The van der Waals surface area contributed by atoms with E-state index in [9.17, 15) is 13.2 Å². The van der Waals surface area contributed by atoms with E-state index in [1.165, 1.54) is 0 Å². The van der Waals surface area contributed by atoms with E-state index in [1.807, 2.05) is 35.9 Å². The fourth-order valence-corrected chi connectivity index (χ4v) is 2.18. The van der Waals surface area contributed by atoms with Crippen molar-refractivity contribution in [1.29, 1.82) is 0 Å². The number of alkyl halides is 3. The van der Waals surface area contributed by atoms with E-state index in [2.05, 4.69) is 10.4 Å². The van der Waals surface area contributed by atoms with E-state index in [0.29, 0.717) is 6.42 Å². The number of hydrazine groups is 1. The number of imidazole rings is 1. The lowest BCUT2D eigenvalue weighted by Gasteiger charge is -2.16. The van der Waals surface area contributed by atoms with E-state index in [-0.39, 0.29) is 6.42 Å². The van der Waals surface area contributed by atoms with Crippen LogP contribution in [0.2, 0.25) is 0 Å². The SMILES string of the molecule is Cn1c(CC(CCC(F)(F)F)NN)nc2ccccc21.